The van der Waals surface area contributed by atoms with Crippen LogP contribution in [0.4, 0.5) is 0 Å². The quantitative estimate of drug-likeness (QED) is 0.443. The van der Waals surface area contributed by atoms with Gasteiger partial charge >= 0.3 is 0 Å². The molecule has 0 aromatic rings. The first-order valence-corrected chi connectivity index (χ1v) is 2.97. The van der Waals surface area contributed by atoms with Crippen LogP contribution in [0, 0.1) is 5.92 Å². The normalized spacial score (nSPS) is 9.33. The first-order chi connectivity index (χ1) is 4.00. The van der Waals surface area contributed by atoms with Gasteiger partial charge in [-0.05, 0) is 12.8 Å². The van der Waals surface area contributed by atoms with Crippen molar-refractivity contribution >= 4 is 0 Å². The van der Waals surface area contributed by atoms with Gasteiger partial charge in [0.2, 0.25) is 0 Å². The van der Waals surface area contributed by atoms with E-state index in [1.54, 1.807) is 0 Å². The molecule has 0 aliphatic heterocycles. The first kappa shape index (κ1) is 11.6. The summed E-state index contributed by atoms with van der Waals surface area (Å²) in [5.74, 6) is 0.440. The summed E-state index contributed by atoms with van der Waals surface area (Å²) in [6.07, 6.45) is -1.17. The lowest BCUT2D eigenvalue weighted by Gasteiger charge is -1.90. The summed E-state index contributed by atoms with van der Waals surface area (Å²) in [6.45, 7) is 5.53. The standard InChI is InChI=1S/C4H10O.C2H6O2/c1-4(2)3-5;1-2(3)4/h4-5H,3H2,1-2H3;2-4H,1H3. The maximum absolute atomic E-state index is 8.14. The Hall–Kier alpha value is -0.120. The lowest BCUT2D eigenvalue weighted by atomic mass is 10.2. The third kappa shape index (κ3) is 77.1. The minimum atomic E-state index is -1.17. The maximum atomic E-state index is 8.14. The SMILES string of the molecule is CC(C)CO.CC(O)O. The van der Waals surface area contributed by atoms with E-state index in [2.05, 4.69) is 0 Å². The predicted octanol–water partition coefficient (Wildman–Crippen LogP) is -0.0483. The molecule has 58 valence electrons. The van der Waals surface area contributed by atoms with Gasteiger partial charge in [0.05, 0.1) is 0 Å². The van der Waals surface area contributed by atoms with Crippen LogP contribution >= 0.6 is 0 Å². The highest BCUT2D eigenvalue weighted by molar-refractivity contribution is 4.32. The summed E-state index contributed by atoms with van der Waals surface area (Å²) in [6, 6.07) is 0. The van der Waals surface area contributed by atoms with Crippen LogP contribution in [0.1, 0.15) is 20.8 Å². The van der Waals surface area contributed by atoms with Crippen LogP contribution in [0.3, 0.4) is 0 Å². The highest BCUT2D eigenvalue weighted by Crippen LogP contribution is 1.83. The second kappa shape index (κ2) is 7.88. The predicted molar refractivity (Wildman–Crippen MR) is 35.8 cm³/mol. The van der Waals surface area contributed by atoms with E-state index in [-0.39, 0.29) is 0 Å². The molecule has 0 rings (SSSR count). The van der Waals surface area contributed by atoms with Crippen molar-refractivity contribution in [3.8, 4) is 0 Å². The van der Waals surface area contributed by atoms with Crippen LogP contribution in [0.15, 0.2) is 0 Å². The molecular formula is C6H16O3. The highest BCUT2D eigenvalue weighted by atomic mass is 16.5. The minimum absolute atomic E-state index is 0.306. The molecule has 0 spiro atoms. The fourth-order valence-electron chi connectivity index (χ4n) is 0. The van der Waals surface area contributed by atoms with Gasteiger partial charge in [-0.2, -0.15) is 0 Å². The average molecular weight is 136 g/mol. The second-order valence-electron chi connectivity index (χ2n) is 2.21. The number of hydrogen-bond donors (Lipinski definition) is 3. The molecule has 0 bridgehead atoms. The van der Waals surface area contributed by atoms with Crippen LogP contribution in [0.25, 0.3) is 0 Å². The van der Waals surface area contributed by atoms with Gasteiger partial charge in [0.25, 0.3) is 0 Å². The van der Waals surface area contributed by atoms with Gasteiger partial charge in [-0.15, -0.1) is 0 Å². The molecule has 3 N–H and O–H groups in total. The molecule has 0 aromatic heterocycles. The van der Waals surface area contributed by atoms with Crippen molar-refractivity contribution in [2.24, 2.45) is 5.92 Å². The molecule has 0 aromatic carbocycles. The van der Waals surface area contributed by atoms with Gasteiger partial charge in [0, 0.05) is 6.61 Å². The Morgan fingerprint density at radius 2 is 1.22 bits per heavy atom. The Labute approximate surface area is 56.0 Å². The van der Waals surface area contributed by atoms with Gasteiger partial charge in [-0.1, -0.05) is 13.8 Å². The van der Waals surface area contributed by atoms with E-state index >= 15 is 0 Å². The Balaban J connectivity index is 0. The Kier molecular flexibility index (Phi) is 10.2. The van der Waals surface area contributed by atoms with Crippen molar-refractivity contribution < 1.29 is 15.3 Å². The lowest BCUT2D eigenvalue weighted by Crippen LogP contribution is -1.92. The molecule has 0 aliphatic carbocycles. The average Bonchev–Trinajstić information content (AvgIpc) is 1.65. The molecule has 3 heteroatoms. The van der Waals surface area contributed by atoms with Crippen molar-refractivity contribution in [3.05, 3.63) is 0 Å². The van der Waals surface area contributed by atoms with E-state index in [1.807, 2.05) is 13.8 Å². The summed E-state index contributed by atoms with van der Waals surface area (Å²) in [4.78, 5) is 0. The van der Waals surface area contributed by atoms with Crippen molar-refractivity contribution in [3.63, 3.8) is 0 Å². The summed E-state index contributed by atoms with van der Waals surface area (Å²) in [5.41, 5.74) is 0. The molecule has 0 aliphatic rings. The zero-order valence-electron chi connectivity index (χ0n) is 6.20. The molecular weight excluding hydrogens is 120 g/mol. The van der Waals surface area contributed by atoms with Gasteiger partial charge in [0.15, 0.2) is 0 Å². The smallest absolute Gasteiger partial charge is 0.148 e. The topological polar surface area (TPSA) is 60.7 Å². The maximum Gasteiger partial charge on any atom is 0.148 e. The summed E-state index contributed by atoms with van der Waals surface area (Å²) in [5, 5.41) is 23.4. The molecule has 0 saturated carbocycles. The van der Waals surface area contributed by atoms with Crippen LogP contribution < -0.4 is 0 Å². The first-order valence-electron chi connectivity index (χ1n) is 2.97. The number of rotatable bonds is 1. The second-order valence-corrected chi connectivity index (χ2v) is 2.21. The van der Waals surface area contributed by atoms with E-state index in [0.29, 0.717) is 12.5 Å². The van der Waals surface area contributed by atoms with Gasteiger partial charge in [-0.25, -0.2) is 0 Å². The monoisotopic (exact) mass is 136 g/mol. The van der Waals surface area contributed by atoms with E-state index in [9.17, 15) is 0 Å². The molecule has 0 unspecified atom stereocenters. The number of aliphatic hydroxyl groups excluding tert-OH is 2. The van der Waals surface area contributed by atoms with Crippen molar-refractivity contribution in [2.75, 3.05) is 6.61 Å². The zero-order valence-corrected chi connectivity index (χ0v) is 6.20. The van der Waals surface area contributed by atoms with Gasteiger partial charge in [-0.3, -0.25) is 0 Å². The molecule has 0 saturated heterocycles. The van der Waals surface area contributed by atoms with Crippen LogP contribution in [-0.4, -0.2) is 28.2 Å². The fraction of sp³-hybridized carbons (Fsp3) is 1.00. The molecule has 0 heterocycles. The highest BCUT2D eigenvalue weighted by Gasteiger charge is 1.81. The summed E-state index contributed by atoms with van der Waals surface area (Å²) < 4.78 is 0. The summed E-state index contributed by atoms with van der Waals surface area (Å²) in [7, 11) is 0. The van der Waals surface area contributed by atoms with Gasteiger partial charge in [0.1, 0.15) is 6.29 Å². The molecule has 0 atom stereocenters. The summed E-state index contributed by atoms with van der Waals surface area (Å²) >= 11 is 0. The third-order valence-electron chi connectivity index (χ3n) is 0.365. The number of hydrogen-bond acceptors (Lipinski definition) is 3. The Morgan fingerprint density at radius 3 is 1.22 bits per heavy atom. The van der Waals surface area contributed by atoms with Crippen molar-refractivity contribution in [1.82, 2.24) is 0 Å². The van der Waals surface area contributed by atoms with Crippen LogP contribution in [0.2, 0.25) is 0 Å². The third-order valence-corrected chi connectivity index (χ3v) is 0.365. The van der Waals surface area contributed by atoms with Gasteiger partial charge < -0.3 is 15.3 Å². The van der Waals surface area contributed by atoms with E-state index < -0.39 is 6.29 Å². The van der Waals surface area contributed by atoms with Crippen LogP contribution in [-0.2, 0) is 0 Å². The Morgan fingerprint density at radius 1 is 1.11 bits per heavy atom. The number of aliphatic hydroxyl groups is 3. The molecule has 0 amide bonds. The fourth-order valence-corrected chi connectivity index (χ4v) is 0. The Bertz CT molecular complexity index is 40.8. The van der Waals surface area contributed by atoms with E-state index in [1.165, 1.54) is 6.92 Å². The zero-order chi connectivity index (χ0) is 7.86. The van der Waals surface area contributed by atoms with Crippen LogP contribution in [0.5, 0.6) is 0 Å². The van der Waals surface area contributed by atoms with Crippen molar-refractivity contribution in [1.29, 1.82) is 0 Å². The minimum Gasteiger partial charge on any atom is -0.396 e. The molecule has 0 fully saturated rings. The van der Waals surface area contributed by atoms with E-state index in [0.717, 1.165) is 0 Å². The largest absolute Gasteiger partial charge is 0.396 e. The van der Waals surface area contributed by atoms with E-state index in [4.69, 9.17) is 15.3 Å². The molecule has 0 radical (unpaired) electrons. The lowest BCUT2D eigenvalue weighted by molar-refractivity contribution is -0.0228. The molecule has 9 heavy (non-hydrogen) atoms. The molecule has 3 nitrogen and oxygen atoms in total. The van der Waals surface area contributed by atoms with Crippen molar-refractivity contribution in [2.45, 2.75) is 27.1 Å².